The van der Waals surface area contributed by atoms with E-state index in [0.717, 1.165) is 11.7 Å². The molecule has 0 heterocycles. The molecule has 1 amide bonds. The second kappa shape index (κ2) is 6.78. The Labute approximate surface area is 100 Å². The number of aliphatic carboxylic acids is 1. The first-order valence-electron chi connectivity index (χ1n) is 5.67. The Morgan fingerprint density at radius 1 is 1.44 bits per heavy atom. The summed E-state index contributed by atoms with van der Waals surface area (Å²) < 4.78 is 0. The minimum Gasteiger partial charge on any atom is -0.480 e. The Bertz CT molecular complexity index is 252. The van der Waals surface area contributed by atoms with Gasteiger partial charge in [0.25, 0.3) is 0 Å². The van der Waals surface area contributed by atoms with Gasteiger partial charge < -0.3 is 10.4 Å². The van der Waals surface area contributed by atoms with E-state index in [1.165, 1.54) is 32.6 Å². The highest BCUT2D eigenvalue weighted by molar-refractivity contribution is 7.99. The summed E-state index contributed by atoms with van der Waals surface area (Å²) in [5.74, 6) is 0.995. The number of carboxylic acids is 1. The molecule has 1 aliphatic rings. The molecule has 92 valence electrons. The first kappa shape index (κ1) is 13.4. The minimum absolute atomic E-state index is 0.283. The van der Waals surface area contributed by atoms with Gasteiger partial charge in [-0.2, -0.15) is 11.8 Å². The molecule has 4 nitrogen and oxygen atoms in total. The van der Waals surface area contributed by atoms with Gasteiger partial charge in [0, 0.05) is 12.7 Å². The van der Waals surface area contributed by atoms with Gasteiger partial charge in [-0.25, -0.2) is 4.79 Å². The maximum absolute atomic E-state index is 10.8. The fraction of sp³-hybridized carbons (Fsp3) is 0.818. The molecule has 1 aliphatic carbocycles. The van der Waals surface area contributed by atoms with E-state index in [4.69, 9.17) is 5.11 Å². The molecule has 0 aromatic rings. The Balaban J connectivity index is 2.21. The van der Waals surface area contributed by atoms with Crippen molar-refractivity contribution in [1.29, 1.82) is 0 Å². The second-order valence-electron chi connectivity index (χ2n) is 4.28. The van der Waals surface area contributed by atoms with Crippen LogP contribution in [0.15, 0.2) is 0 Å². The number of amides is 1. The molecule has 1 saturated carbocycles. The van der Waals surface area contributed by atoms with E-state index >= 15 is 0 Å². The van der Waals surface area contributed by atoms with Crippen molar-refractivity contribution in [3.05, 3.63) is 0 Å². The molecule has 5 heteroatoms. The van der Waals surface area contributed by atoms with Crippen molar-refractivity contribution >= 4 is 23.6 Å². The van der Waals surface area contributed by atoms with Gasteiger partial charge in [0.2, 0.25) is 5.91 Å². The third-order valence-electron chi connectivity index (χ3n) is 2.79. The average molecular weight is 245 g/mol. The number of carboxylic acid groups (broad SMARTS) is 1. The van der Waals surface area contributed by atoms with Gasteiger partial charge in [-0.3, -0.25) is 4.79 Å². The summed E-state index contributed by atoms with van der Waals surface area (Å²) in [6.45, 7) is 1.34. The number of nitrogens with one attached hydrogen (secondary N) is 1. The van der Waals surface area contributed by atoms with Crippen molar-refractivity contribution in [3.8, 4) is 0 Å². The summed E-state index contributed by atoms with van der Waals surface area (Å²) in [5.41, 5.74) is 0. The third kappa shape index (κ3) is 4.88. The quantitative estimate of drug-likeness (QED) is 0.744. The van der Waals surface area contributed by atoms with E-state index in [-0.39, 0.29) is 5.91 Å². The van der Waals surface area contributed by atoms with Gasteiger partial charge in [0.05, 0.1) is 0 Å². The van der Waals surface area contributed by atoms with Crippen LogP contribution in [0.25, 0.3) is 0 Å². The first-order chi connectivity index (χ1) is 7.59. The monoisotopic (exact) mass is 245 g/mol. The summed E-state index contributed by atoms with van der Waals surface area (Å²) in [5, 5.41) is 11.3. The van der Waals surface area contributed by atoms with Crippen LogP contribution in [0, 0.1) is 5.92 Å². The molecule has 1 unspecified atom stereocenters. The summed E-state index contributed by atoms with van der Waals surface area (Å²) in [4.78, 5) is 21.6. The molecule has 0 spiro atoms. The van der Waals surface area contributed by atoms with Gasteiger partial charge in [0.1, 0.15) is 6.04 Å². The van der Waals surface area contributed by atoms with E-state index in [1.807, 2.05) is 0 Å². The van der Waals surface area contributed by atoms with Crippen LogP contribution in [0.2, 0.25) is 0 Å². The molecular formula is C11H19NO3S. The summed E-state index contributed by atoms with van der Waals surface area (Å²) in [6, 6.07) is -0.746. The number of hydrogen-bond acceptors (Lipinski definition) is 3. The van der Waals surface area contributed by atoms with Crippen molar-refractivity contribution in [1.82, 2.24) is 5.32 Å². The van der Waals surface area contributed by atoms with Crippen molar-refractivity contribution in [2.45, 2.75) is 38.6 Å². The van der Waals surface area contributed by atoms with Crippen LogP contribution >= 0.6 is 11.8 Å². The molecule has 0 bridgehead atoms. The van der Waals surface area contributed by atoms with E-state index < -0.39 is 12.0 Å². The van der Waals surface area contributed by atoms with Gasteiger partial charge in [-0.05, 0) is 24.5 Å². The summed E-state index contributed by atoms with van der Waals surface area (Å²) in [7, 11) is 0. The maximum Gasteiger partial charge on any atom is 0.327 e. The molecule has 0 radical (unpaired) electrons. The fourth-order valence-electron chi connectivity index (χ4n) is 1.95. The minimum atomic E-state index is -0.950. The van der Waals surface area contributed by atoms with E-state index in [9.17, 15) is 9.59 Å². The van der Waals surface area contributed by atoms with Gasteiger partial charge in [0.15, 0.2) is 0 Å². The van der Waals surface area contributed by atoms with Crippen LogP contribution in [0.1, 0.15) is 32.6 Å². The first-order valence-corrected chi connectivity index (χ1v) is 6.82. The van der Waals surface area contributed by atoms with Crippen LogP contribution < -0.4 is 5.32 Å². The van der Waals surface area contributed by atoms with Crippen LogP contribution in [-0.4, -0.2) is 34.5 Å². The highest BCUT2D eigenvalue weighted by atomic mass is 32.2. The van der Waals surface area contributed by atoms with Crippen molar-refractivity contribution in [2.24, 2.45) is 5.92 Å². The standard InChI is InChI=1S/C11H19NO3S/c1-8(13)12-10(11(14)15)7-16-6-9-4-2-3-5-9/h9-10H,2-7H2,1H3,(H,12,13)(H,14,15). The number of thioether (sulfide) groups is 1. The lowest BCUT2D eigenvalue weighted by molar-refractivity contribution is -0.140. The Kier molecular flexibility index (Phi) is 5.66. The lowest BCUT2D eigenvalue weighted by Crippen LogP contribution is -2.41. The lowest BCUT2D eigenvalue weighted by Gasteiger charge is -2.14. The van der Waals surface area contributed by atoms with Crippen LogP contribution in [-0.2, 0) is 9.59 Å². The van der Waals surface area contributed by atoms with Gasteiger partial charge >= 0.3 is 5.97 Å². The second-order valence-corrected chi connectivity index (χ2v) is 5.35. The predicted molar refractivity (Wildman–Crippen MR) is 64.5 cm³/mol. The molecule has 0 aromatic heterocycles. The summed E-state index contributed by atoms with van der Waals surface area (Å²) in [6.07, 6.45) is 5.15. The van der Waals surface area contributed by atoms with Gasteiger partial charge in [-0.1, -0.05) is 12.8 Å². The lowest BCUT2D eigenvalue weighted by atomic mass is 10.1. The van der Waals surface area contributed by atoms with Crippen LogP contribution in [0.4, 0.5) is 0 Å². The molecule has 1 rings (SSSR count). The molecule has 0 aromatic carbocycles. The number of hydrogen-bond donors (Lipinski definition) is 2. The highest BCUT2D eigenvalue weighted by Crippen LogP contribution is 2.27. The zero-order valence-corrected chi connectivity index (χ0v) is 10.4. The molecule has 0 saturated heterocycles. The number of carbonyl (C=O) groups excluding carboxylic acids is 1. The molecule has 0 aliphatic heterocycles. The smallest absolute Gasteiger partial charge is 0.327 e. The third-order valence-corrected chi connectivity index (χ3v) is 4.06. The average Bonchev–Trinajstić information content (AvgIpc) is 2.68. The number of carbonyl (C=O) groups is 2. The normalized spacial score (nSPS) is 18.3. The van der Waals surface area contributed by atoms with Gasteiger partial charge in [-0.15, -0.1) is 0 Å². The van der Waals surface area contributed by atoms with Crippen molar-refractivity contribution < 1.29 is 14.7 Å². The molecule has 2 N–H and O–H groups in total. The predicted octanol–water partition coefficient (Wildman–Crippen LogP) is 1.50. The topological polar surface area (TPSA) is 66.4 Å². The molecule has 16 heavy (non-hydrogen) atoms. The Morgan fingerprint density at radius 3 is 2.56 bits per heavy atom. The summed E-state index contributed by atoms with van der Waals surface area (Å²) >= 11 is 1.63. The fourth-order valence-corrected chi connectivity index (χ4v) is 3.21. The van der Waals surface area contributed by atoms with E-state index in [2.05, 4.69) is 5.32 Å². The number of rotatable bonds is 6. The highest BCUT2D eigenvalue weighted by Gasteiger charge is 2.20. The largest absolute Gasteiger partial charge is 0.480 e. The maximum atomic E-state index is 10.8. The zero-order valence-electron chi connectivity index (χ0n) is 9.57. The molecule has 1 fully saturated rings. The Hall–Kier alpha value is -0.710. The zero-order chi connectivity index (χ0) is 12.0. The van der Waals surface area contributed by atoms with E-state index in [0.29, 0.717) is 5.75 Å². The van der Waals surface area contributed by atoms with Crippen molar-refractivity contribution in [3.63, 3.8) is 0 Å². The van der Waals surface area contributed by atoms with E-state index in [1.54, 1.807) is 11.8 Å². The SMILES string of the molecule is CC(=O)NC(CSCC1CCCC1)C(=O)O. The Morgan fingerprint density at radius 2 is 2.06 bits per heavy atom. The van der Waals surface area contributed by atoms with Crippen molar-refractivity contribution in [2.75, 3.05) is 11.5 Å². The van der Waals surface area contributed by atoms with Crippen LogP contribution in [0.5, 0.6) is 0 Å². The van der Waals surface area contributed by atoms with Crippen LogP contribution in [0.3, 0.4) is 0 Å². The molecular weight excluding hydrogens is 226 g/mol. The molecule has 1 atom stereocenters.